The van der Waals surface area contributed by atoms with Crippen molar-refractivity contribution in [3.05, 3.63) is 0 Å². The molecule has 0 aromatic rings. The molecule has 1 aliphatic heterocycles. The lowest BCUT2D eigenvalue weighted by Gasteiger charge is -2.17. The molecule has 11 heavy (non-hydrogen) atoms. The minimum atomic E-state index is 0.906. The van der Waals surface area contributed by atoms with Gasteiger partial charge < -0.3 is 4.90 Å². The Kier molecular flexibility index (Phi) is 3.20. The third kappa shape index (κ3) is 2.10. The predicted octanol–water partition coefficient (Wildman–Crippen LogP) is 1.37. The van der Waals surface area contributed by atoms with Gasteiger partial charge in [0.1, 0.15) is 12.5 Å². The van der Waals surface area contributed by atoms with E-state index in [-0.39, 0.29) is 0 Å². The zero-order valence-electron chi connectivity index (χ0n) is 7.43. The van der Waals surface area contributed by atoms with Crippen molar-refractivity contribution in [2.24, 2.45) is 5.10 Å². The van der Waals surface area contributed by atoms with Crippen LogP contribution in [0.15, 0.2) is 5.10 Å². The largest absolute Gasteiger partial charge is 0.340 e. The summed E-state index contributed by atoms with van der Waals surface area (Å²) in [6.07, 6.45) is 3.56. The smallest absolute Gasteiger partial charge is 0.126 e. The van der Waals surface area contributed by atoms with Crippen molar-refractivity contribution in [3.8, 4) is 0 Å². The van der Waals surface area contributed by atoms with Crippen LogP contribution in [0.3, 0.4) is 0 Å². The van der Waals surface area contributed by atoms with Crippen LogP contribution in [0.1, 0.15) is 33.1 Å². The Morgan fingerprint density at radius 2 is 2.36 bits per heavy atom. The lowest BCUT2D eigenvalue weighted by molar-refractivity contribution is 0.409. The molecular formula is C8H17N3. The number of hydrogen-bond donors (Lipinski definition) is 1. The van der Waals surface area contributed by atoms with Gasteiger partial charge in [0.15, 0.2) is 0 Å². The average molecular weight is 155 g/mol. The van der Waals surface area contributed by atoms with Gasteiger partial charge in [-0.25, -0.2) is 0 Å². The number of nitrogens with zero attached hydrogens (tertiary/aromatic N) is 2. The molecule has 3 heteroatoms. The molecule has 0 radical (unpaired) electrons. The predicted molar refractivity (Wildman–Crippen MR) is 47.3 cm³/mol. The zero-order valence-corrected chi connectivity index (χ0v) is 7.43. The molecule has 0 saturated heterocycles. The monoisotopic (exact) mass is 155 g/mol. The number of hydrazone groups is 1. The van der Waals surface area contributed by atoms with Gasteiger partial charge >= 0.3 is 0 Å². The van der Waals surface area contributed by atoms with Crippen molar-refractivity contribution in [1.82, 2.24) is 10.3 Å². The number of unbranched alkanes of at least 4 members (excludes halogenated alkanes) is 1. The summed E-state index contributed by atoms with van der Waals surface area (Å²) in [5.74, 6) is 1.21. The molecule has 0 aromatic heterocycles. The van der Waals surface area contributed by atoms with E-state index < -0.39 is 0 Å². The molecule has 0 amide bonds. The highest BCUT2D eigenvalue weighted by Crippen LogP contribution is 2.02. The first-order valence-corrected chi connectivity index (χ1v) is 4.42. The molecule has 0 aromatic carbocycles. The summed E-state index contributed by atoms with van der Waals surface area (Å²) in [4.78, 5) is 2.31. The quantitative estimate of drug-likeness (QED) is 0.664. The first kappa shape index (κ1) is 8.37. The van der Waals surface area contributed by atoms with E-state index in [9.17, 15) is 0 Å². The highest BCUT2D eigenvalue weighted by molar-refractivity contribution is 5.82. The van der Waals surface area contributed by atoms with E-state index in [1.165, 1.54) is 18.7 Å². The molecule has 0 fully saturated rings. The van der Waals surface area contributed by atoms with E-state index >= 15 is 0 Å². The third-order valence-corrected chi connectivity index (χ3v) is 1.93. The summed E-state index contributed by atoms with van der Waals surface area (Å²) in [6, 6.07) is 0. The molecule has 64 valence electrons. The second-order valence-electron chi connectivity index (χ2n) is 2.81. The van der Waals surface area contributed by atoms with E-state index in [1.54, 1.807) is 0 Å². The van der Waals surface area contributed by atoms with Crippen LogP contribution < -0.4 is 5.43 Å². The Bertz CT molecular complexity index is 142. The van der Waals surface area contributed by atoms with Crippen LogP contribution in [0.25, 0.3) is 0 Å². The maximum absolute atomic E-state index is 4.18. The highest BCUT2D eigenvalue weighted by atomic mass is 15.5. The minimum absolute atomic E-state index is 0.906. The second-order valence-corrected chi connectivity index (χ2v) is 2.81. The maximum atomic E-state index is 4.18. The van der Waals surface area contributed by atoms with Crippen molar-refractivity contribution >= 4 is 5.84 Å². The van der Waals surface area contributed by atoms with Crippen LogP contribution in [0, 0.1) is 0 Å². The number of nitrogens with one attached hydrogen (secondary N) is 1. The number of hydrogen-bond acceptors (Lipinski definition) is 3. The summed E-state index contributed by atoms with van der Waals surface area (Å²) in [7, 11) is 0. The summed E-state index contributed by atoms with van der Waals surface area (Å²) in [5, 5.41) is 4.18. The van der Waals surface area contributed by atoms with Gasteiger partial charge in [0, 0.05) is 13.0 Å². The number of rotatable bonds is 4. The first-order valence-electron chi connectivity index (χ1n) is 4.42. The van der Waals surface area contributed by atoms with Crippen molar-refractivity contribution < 1.29 is 0 Å². The Morgan fingerprint density at radius 1 is 1.55 bits per heavy atom. The molecular weight excluding hydrogens is 138 g/mol. The Morgan fingerprint density at radius 3 is 3.00 bits per heavy atom. The van der Waals surface area contributed by atoms with E-state index in [1.807, 2.05) is 0 Å². The fraction of sp³-hybridized carbons (Fsp3) is 0.875. The van der Waals surface area contributed by atoms with Gasteiger partial charge in [-0.15, -0.1) is 0 Å². The molecule has 0 unspecified atom stereocenters. The van der Waals surface area contributed by atoms with Gasteiger partial charge in [-0.3, -0.25) is 5.43 Å². The van der Waals surface area contributed by atoms with E-state index in [2.05, 4.69) is 29.3 Å². The van der Waals surface area contributed by atoms with Gasteiger partial charge in [-0.2, -0.15) is 5.10 Å². The van der Waals surface area contributed by atoms with Crippen molar-refractivity contribution in [1.29, 1.82) is 0 Å². The number of amidine groups is 1. The van der Waals surface area contributed by atoms with Gasteiger partial charge in [0.25, 0.3) is 0 Å². The summed E-state index contributed by atoms with van der Waals surface area (Å²) < 4.78 is 0. The van der Waals surface area contributed by atoms with Crippen LogP contribution in [0.4, 0.5) is 0 Å². The van der Waals surface area contributed by atoms with Crippen molar-refractivity contribution in [3.63, 3.8) is 0 Å². The highest BCUT2D eigenvalue weighted by Gasteiger charge is 2.12. The molecule has 3 nitrogen and oxygen atoms in total. The molecule has 1 N–H and O–H groups in total. The summed E-state index contributed by atoms with van der Waals surface area (Å²) in [6.45, 7) is 6.41. The molecule has 1 rings (SSSR count). The van der Waals surface area contributed by atoms with E-state index in [0.717, 1.165) is 19.6 Å². The summed E-state index contributed by atoms with van der Waals surface area (Å²) in [5.41, 5.74) is 3.00. The Labute approximate surface area is 68.5 Å². The topological polar surface area (TPSA) is 27.6 Å². The Balaban J connectivity index is 2.28. The molecule has 0 aliphatic carbocycles. The van der Waals surface area contributed by atoms with Crippen LogP contribution in [0.5, 0.6) is 0 Å². The standard InChI is InChI=1S/C8H17N3/c1-3-5-6-11-7-9-10-8(11)4-2/h9H,3-7H2,1-2H3. The third-order valence-electron chi connectivity index (χ3n) is 1.93. The Hall–Kier alpha value is -0.730. The van der Waals surface area contributed by atoms with Gasteiger partial charge in [-0.05, 0) is 6.42 Å². The van der Waals surface area contributed by atoms with E-state index in [0.29, 0.717) is 0 Å². The molecule has 1 aliphatic rings. The van der Waals surface area contributed by atoms with Crippen LogP contribution in [-0.4, -0.2) is 23.9 Å². The van der Waals surface area contributed by atoms with Crippen molar-refractivity contribution in [2.45, 2.75) is 33.1 Å². The minimum Gasteiger partial charge on any atom is -0.340 e. The first-order chi connectivity index (χ1) is 5.38. The second kappa shape index (κ2) is 4.21. The fourth-order valence-electron chi connectivity index (χ4n) is 1.23. The van der Waals surface area contributed by atoms with Crippen LogP contribution in [-0.2, 0) is 0 Å². The zero-order chi connectivity index (χ0) is 8.10. The normalized spacial score (nSPS) is 16.5. The van der Waals surface area contributed by atoms with Gasteiger partial charge in [0.05, 0.1) is 0 Å². The van der Waals surface area contributed by atoms with E-state index in [4.69, 9.17) is 0 Å². The summed E-state index contributed by atoms with van der Waals surface area (Å²) >= 11 is 0. The maximum Gasteiger partial charge on any atom is 0.126 e. The van der Waals surface area contributed by atoms with Gasteiger partial charge in [-0.1, -0.05) is 20.3 Å². The molecule has 0 atom stereocenters. The lowest BCUT2D eigenvalue weighted by Crippen LogP contribution is -2.29. The molecule has 0 bridgehead atoms. The molecule has 1 heterocycles. The van der Waals surface area contributed by atoms with Crippen molar-refractivity contribution in [2.75, 3.05) is 13.2 Å². The fourth-order valence-corrected chi connectivity index (χ4v) is 1.23. The molecule has 0 spiro atoms. The van der Waals surface area contributed by atoms with Crippen LogP contribution in [0.2, 0.25) is 0 Å². The van der Waals surface area contributed by atoms with Gasteiger partial charge in [0.2, 0.25) is 0 Å². The molecule has 0 saturated carbocycles. The van der Waals surface area contributed by atoms with Crippen LogP contribution >= 0.6 is 0 Å². The lowest BCUT2D eigenvalue weighted by atomic mass is 10.3. The average Bonchev–Trinajstić information content (AvgIpc) is 2.47. The SMILES string of the molecule is CCCCN1CNN=C1CC.